The Hall–Kier alpha value is -0.570. The lowest BCUT2D eigenvalue weighted by molar-refractivity contribution is -0.157. The van der Waals surface area contributed by atoms with Crippen molar-refractivity contribution in [2.24, 2.45) is 17.8 Å². The zero-order chi connectivity index (χ0) is 10.1. The average molecular weight is 198 g/mol. The van der Waals surface area contributed by atoms with Crippen LogP contribution in [0.5, 0.6) is 0 Å². The molecule has 2 rings (SSSR count). The van der Waals surface area contributed by atoms with Crippen LogP contribution in [0, 0.1) is 17.8 Å². The van der Waals surface area contributed by atoms with Crippen molar-refractivity contribution in [3.63, 3.8) is 0 Å². The van der Waals surface area contributed by atoms with Crippen molar-refractivity contribution in [1.82, 2.24) is 0 Å². The van der Waals surface area contributed by atoms with E-state index in [2.05, 4.69) is 0 Å². The Morgan fingerprint density at radius 2 is 2.29 bits per heavy atom. The average Bonchev–Trinajstić information content (AvgIpc) is 2.77. The first-order valence-corrected chi connectivity index (χ1v) is 5.57. The highest BCUT2D eigenvalue weighted by Gasteiger charge is 2.45. The molecule has 0 aromatic heterocycles. The van der Waals surface area contributed by atoms with E-state index in [4.69, 9.17) is 4.74 Å². The van der Waals surface area contributed by atoms with Crippen LogP contribution in [0.1, 0.15) is 32.6 Å². The highest BCUT2D eigenvalue weighted by molar-refractivity contribution is 5.74. The summed E-state index contributed by atoms with van der Waals surface area (Å²) < 4.78 is 4.83. The molecule has 2 fully saturated rings. The maximum absolute atomic E-state index is 11.3. The molecule has 0 radical (unpaired) electrons. The Morgan fingerprint density at radius 1 is 1.50 bits per heavy atom. The third kappa shape index (κ3) is 1.65. The molecule has 3 heteroatoms. The summed E-state index contributed by atoms with van der Waals surface area (Å²) in [5.74, 6) is 1.08. The van der Waals surface area contributed by atoms with E-state index in [1.54, 1.807) is 6.92 Å². The van der Waals surface area contributed by atoms with Gasteiger partial charge in [-0.3, -0.25) is 0 Å². The van der Waals surface area contributed by atoms with Crippen LogP contribution in [0.3, 0.4) is 0 Å². The highest BCUT2D eigenvalue weighted by atomic mass is 16.5. The topological polar surface area (TPSA) is 46.5 Å². The normalized spacial score (nSPS) is 37.1. The van der Waals surface area contributed by atoms with Crippen LogP contribution in [0.2, 0.25) is 0 Å². The van der Waals surface area contributed by atoms with E-state index in [0.717, 1.165) is 12.3 Å². The van der Waals surface area contributed by atoms with Gasteiger partial charge in [-0.25, -0.2) is 4.79 Å². The van der Waals surface area contributed by atoms with E-state index >= 15 is 0 Å². The van der Waals surface area contributed by atoms with E-state index in [9.17, 15) is 9.90 Å². The number of rotatable bonds is 3. The molecule has 0 aromatic carbocycles. The fourth-order valence-corrected chi connectivity index (χ4v) is 3.08. The summed E-state index contributed by atoms with van der Waals surface area (Å²) >= 11 is 0. The number of aliphatic hydroxyl groups excluding tert-OH is 1. The quantitative estimate of drug-likeness (QED) is 0.696. The fourth-order valence-electron chi connectivity index (χ4n) is 3.08. The molecule has 14 heavy (non-hydrogen) atoms. The summed E-state index contributed by atoms with van der Waals surface area (Å²) in [6.07, 6.45) is 3.83. The van der Waals surface area contributed by atoms with Gasteiger partial charge in [0.05, 0.1) is 6.61 Å². The summed E-state index contributed by atoms with van der Waals surface area (Å²) in [5.41, 5.74) is 0. The molecule has 2 aliphatic rings. The Bertz CT molecular complexity index is 227. The van der Waals surface area contributed by atoms with Gasteiger partial charge in [0.2, 0.25) is 0 Å². The van der Waals surface area contributed by atoms with Crippen LogP contribution in [-0.4, -0.2) is 23.8 Å². The molecule has 3 nitrogen and oxygen atoms in total. The molecule has 2 bridgehead atoms. The molecule has 4 atom stereocenters. The van der Waals surface area contributed by atoms with E-state index < -0.39 is 12.1 Å². The third-order valence-corrected chi connectivity index (χ3v) is 3.73. The number of hydrogen-bond acceptors (Lipinski definition) is 3. The van der Waals surface area contributed by atoms with Gasteiger partial charge in [-0.1, -0.05) is 6.42 Å². The minimum atomic E-state index is -0.870. The van der Waals surface area contributed by atoms with Gasteiger partial charge in [0.25, 0.3) is 0 Å². The molecule has 2 saturated carbocycles. The van der Waals surface area contributed by atoms with E-state index in [1.807, 2.05) is 0 Å². The van der Waals surface area contributed by atoms with Crippen molar-refractivity contribution < 1.29 is 14.6 Å². The van der Waals surface area contributed by atoms with Gasteiger partial charge in [0.15, 0.2) is 6.10 Å². The lowest BCUT2D eigenvalue weighted by Gasteiger charge is -2.25. The summed E-state index contributed by atoms with van der Waals surface area (Å²) in [6, 6.07) is 0. The first-order chi connectivity index (χ1) is 6.72. The molecule has 0 heterocycles. The molecule has 4 unspecified atom stereocenters. The zero-order valence-corrected chi connectivity index (χ0v) is 8.61. The van der Waals surface area contributed by atoms with Gasteiger partial charge in [0.1, 0.15) is 0 Å². The molecule has 0 saturated heterocycles. The standard InChI is InChI=1S/C11H18O3/c1-2-14-11(13)10(12)9-6-7-3-4-8(9)5-7/h7-10,12H,2-6H2,1H3. The van der Waals surface area contributed by atoms with Crippen molar-refractivity contribution in [3.05, 3.63) is 0 Å². The second-order valence-electron chi connectivity index (χ2n) is 4.54. The van der Waals surface area contributed by atoms with E-state index in [0.29, 0.717) is 12.5 Å². The second-order valence-corrected chi connectivity index (χ2v) is 4.54. The number of aliphatic hydroxyl groups is 1. The first kappa shape index (κ1) is 9.97. The number of fused-ring (bicyclic) bond motifs is 2. The predicted molar refractivity (Wildman–Crippen MR) is 51.6 cm³/mol. The highest BCUT2D eigenvalue weighted by Crippen LogP contribution is 2.49. The summed E-state index contributed by atoms with van der Waals surface area (Å²) in [5, 5.41) is 9.80. The maximum atomic E-state index is 11.3. The molecule has 2 aliphatic carbocycles. The van der Waals surface area contributed by atoms with E-state index in [-0.39, 0.29) is 5.92 Å². The van der Waals surface area contributed by atoms with Gasteiger partial charge in [-0.15, -0.1) is 0 Å². The minimum absolute atomic E-state index is 0.174. The Balaban J connectivity index is 1.92. The molecule has 1 N–H and O–H groups in total. The van der Waals surface area contributed by atoms with Gasteiger partial charge in [0, 0.05) is 0 Å². The molecule has 80 valence electrons. The van der Waals surface area contributed by atoms with Crippen LogP contribution < -0.4 is 0 Å². The van der Waals surface area contributed by atoms with Crippen molar-refractivity contribution in [3.8, 4) is 0 Å². The summed E-state index contributed by atoms with van der Waals surface area (Å²) in [4.78, 5) is 11.3. The monoisotopic (exact) mass is 198 g/mol. The largest absolute Gasteiger partial charge is 0.464 e. The molecule has 0 amide bonds. The van der Waals surface area contributed by atoms with Gasteiger partial charge < -0.3 is 9.84 Å². The molecular weight excluding hydrogens is 180 g/mol. The van der Waals surface area contributed by atoms with Crippen LogP contribution in [0.25, 0.3) is 0 Å². The lowest BCUT2D eigenvalue weighted by atomic mass is 9.85. The Labute approximate surface area is 84.4 Å². The number of carbonyl (C=O) groups is 1. The fraction of sp³-hybridized carbons (Fsp3) is 0.909. The van der Waals surface area contributed by atoms with Crippen molar-refractivity contribution >= 4 is 5.97 Å². The summed E-state index contributed by atoms with van der Waals surface area (Å²) in [6.45, 7) is 2.13. The molecule has 0 spiro atoms. The molecule has 0 aliphatic heterocycles. The number of carbonyl (C=O) groups excluding carboxylic acids is 1. The Kier molecular flexibility index (Phi) is 2.77. The van der Waals surface area contributed by atoms with Crippen molar-refractivity contribution in [2.75, 3.05) is 6.61 Å². The predicted octanol–water partition coefficient (Wildman–Crippen LogP) is 1.35. The van der Waals surface area contributed by atoms with Crippen LogP contribution in [-0.2, 0) is 9.53 Å². The smallest absolute Gasteiger partial charge is 0.335 e. The van der Waals surface area contributed by atoms with Gasteiger partial charge >= 0.3 is 5.97 Å². The molecular formula is C11H18O3. The SMILES string of the molecule is CCOC(=O)C(O)C1CC2CCC1C2. The van der Waals surface area contributed by atoms with E-state index in [1.165, 1.54) is 19.3 Å². The minimum Gasteiger partial charge on any atom is -0.464 e. The van der Waals surface area contributed by atoms with Gasteiger partial charge in [-0.2, -0.15) is 0 Å². The van der Waals surface area contributed by atoms with Crippen LogP contribution in [0.15, 0.2) is 0 Å². The molecule has 0 aromatic rings. The maximum Gasteiger partial charge on any atom is 0.335 e. The Morgan fingerprint density at radius 3 is 2.79 bits per heavy atom. The van der Waals surface area contributed by atoms with Crippen LogP contribution >= 0.6 is 0 Å². The van der Waals surface area contributed by atoms with Crippen molar-refractivity contribution in [1.29, 1.82) is 0 Å². The van der Waals surface area contributed by atoms with Crippen molar-refractivity contribution in [2.45, 2.75) is 38.7 Å². The first-order valence-electron chi connectivity index (χ1n) is 5.57. The number of hydrogen-bond donors (Lipinski definition) is 1. The zero-order valence-electron chi connectivity index (χ0n) is 8.61. The number of esters is 1. The lowest BCUT2D eigenvalue weighted by Crippen LogP contribution is -2.34. The summed E-state index contributed by atoms with van der Waals surface area (Å²) in [7, 11) is 0. The second kappa shape index (κ2) is 3.89. The number of ether oxygens (including phenoxy) is 1. The van der Waals surface area contributed by atoms with Gasteiger partial charge in [-0.05, 0) is 43.9 Å². The van der Waals surface area contributed by atoms with Crippen LogP contribution in [0.4, 0.5) is 0 Å². The third-order valence-electron chi connectivity index (χ3n) is 3.73.